The Morgan fingerprint density at radius 1 is 1.33 bits per heavy atom. The average molecular weight is 283 g/mol. The van der Waals surface area contributed by atoms with Gasteiger partial charge in [-0.05, 0) is 23.3 Å². The van der Waals surface area contributed by atoms with Gasteiger partial charge in [-0.15, -0.1) is 0 Å². The molecule has 1 aliphatic rings. The molecule has 1 atom stereocenters. The Balaban J connectivity index is 1.74. The van der Waals surface area contributed by atoms with E-state index in [4.69, 9.17) is 5.11 Å². The van der Waals surface area contributed by atoms with Gasteiger partial charge in [0.25, 0.3) is 0 Å². The molecule has 2 rings (SSSR count). The summed E-state index contributed by atoms with van der Waals surface area (Å²) in [7, 11) is 0. The largest absolute Gasteiger partial charge is 0.396 e. The normalized spacial score (nSPS) is 18.6. The Labute approximate surface area is 118 Å². The van der Waals surface area contributed by atoms with Crippen LogP contribution in [0.4, 0.5) is 0 Å². The van der Waals surface area contributed by atoms with E-state index in [1.165, 1.54) is 16.9 Å². The third kappa shape index (κ3) is 4.19. The molecule has 1 unspecified atom stereocenters. The molecule has 4 heteroatoms. The third-order valence-electron chi connectivity index (χ3n) is 3.06. The zero-order valence-corrected chi connectivity index (χ0v) is 12.2. The van der Waals surface area contributed by atoms with Crippen LogP contribution in [0.3, 0.4) is 0 Å². The maximum atomic E-state index is 8.70. The van der Waals surface area contributed by atoms with Crippen molar-refractivity contribution in [3.8, 4) is 0 Å². The van der Waals surface area contributed by atoms with Gasteiger partial charge >= 0.3 is 0 Å². The molecule has 1 aliphatic heterocycles. The minimum absolute atomic E-state index is 0.313. The van der Waals surface area contributed by atoms with Crippen LogP contribution < -0.4 is 5.32 Å². The van der Waals surface area contributed by atoms with E-state index in [0.29, 0.717) is 12.6 Å². The topological polar surface area (TPSA) is 32.3 Å². The average Bonchev–Trinajstić information content (AvgIpc) is 2.43. The van der Waals surface area contributed by atoms with Gasteiger partial charge in [-0.2, -0.15) is 23.5 Å². The van der Waals surface area contributed by atoms with Crippen LogP contribution in [-0.2, 0) is 5.75 Å². The summed E-state index contributed by atoms with van der Waals surface area (Å²) < 4.78 is 0. The number of hydrogen-bond acceptors (Lipinski definition) is 4. The van der Waals surface area contributed by atoms with Crippen LogP contribution in [0.25, 0.3) is 0 Å². The highest BCUT2D eigenvalue weighted by molar-refractivity contribution is 7.99. The summed E-state index contributed by atoms with van der Waals surface area (Å²) in [6.07, 6.45) is 0.910. The van der Waals surface area contributed by atoms with E-state index in [9.17, 15) is 0 Å². The Morgan fingerprint density at radius 2 is 2.22 bits per heavy atom. The number of rotatable bonds is 7. The number of aliphatic hydroxyl groups is 1. The summed E-state index contributed by atoms with van der Waals surface area (Å²) in [5.74, 6) is 4.52. The molecule has 0 spiro atoms. The van der Waals surface area contributed by atoms with Crippen LogP contribution >= 0.6 is 23.5 Å². The summed E-state index contributed by atoms with van der Waals surface area (Å²) in [5, 5.41) is 12.4. The van der Waals surface area contributed by atoms with Crippen molar-refractivity contribution >= 4 is 23.5 Å². The van der Waals surface area contributed by atoms with Crippen LogP contribution in [0.15, 0.2) is 24.3 Å². The zero-order chi connectivity index (χ0) is 12.6. The predicted octanol–water partition coefficient (Wildman–Crippen LogP) is 2.68. The minimum Gasteiger partial charge on any atom is -0.396 e. The van der Waals surface area contributed by atoms with Crippen molar-refractivity contribution in [1.82, 2.24) is 5.32 Å². The lowest BCUT2D eigenvalue weighted by Gasteiger charge is -2.26. The number of benzene rings is 1. The van der Waals surface area contributed by atoms with Crippen molar-refractivity contribution in [3.63, 3.8) is 0 Å². The molecule has 1 heterocycles. The standard InChI is InChI=1S/C14H21NOS2/c16-7-3-8-17-9-6-15-14-11-18-10-12-4-1-2-5-13(12)14/h1-2,4-5,14-16H,3,6-11H2. The minimum atomic E-state index is 0.313. The van der Waals surface area contributed by atoms with Crippen LogP contribution in [0, 0.1) is 0 Å². The second-order valence-corrected chi connectivity index (χ2v) is 6.67. The molecular weight excluding hydrogens is 262 g/mol. The van der Waals surface area contributed by atoms with Gasteiger partial charge in [0.1, 0.15) is 0 Å². The number of aliphatic hydroxyl groups excluding tert-OH is 1. The van der Waals surface area contributed by atoms with E-state index in [1.54, 1.807) is 0 Å². The van der Waals surface area contributed by atoms with Gasteiger partial charge in [0, 0.05) is 36.5 Å². The number of thioether (sulfide) groups is 2. The molecule has 0 bridgehead atoms. The van der Waals surface area contributed by atoms with Gasteiger partial charge in [-0.25, -0.2) is 0 Å². The highest BCUT2D eigenvalue weighted by Crippen LogP contribution is 2.31. The summed E-state index contributed by atoms with van der Waals surface area (Å²) in [6.45, 7) is 1.36. The Hall–Kier alpha value is -0.160. The van der Waals surface area contributed by atoms with Gasteiger partial charge in [0.05, 0.1) is 0 Å². The number of nitrogens with one attached hydrogen (secondary N) is 1. The molecule has 0 aromatic heterocycles. The van der Waals surface area contributed by atoms with E-state index < -0.39 is 0 Å². The Morgan fingerprint density at radius 3 is 3.11 bits per heavy atom. The lowest BCUT2D eigenvalue weighted by atomic mass is 10.0. The van der Waals surface area contributed by atoms with Crippen LogP contribution in [-0.4, -0.2) is 35.5 Å². The zero-order valence-electron chi connectivity index (χ0n) is 10.6. The Bertz CT molecular complexity index is 359. The first kappa shape index (κ1) is 14.3. The first-order valence-electron chi connectivity index (χ1n) is 6.49. The first-order valence-corrected chi connectivity index (χ1v) is 8.80. The van der Waals surface area contributed by atoms with Gasteiger partial charge in [0.15, 0.2) is 0 Å². The van der Waals surface area contributed by atoms with Crippen molar-refractivity contribution in [2.45, 2.75) is 18.2 Å². The lowest BCUT2D eigenvalue weighted by Crippen LogP contribution is -2.28. The van der Waals surface area contributed by atoms with E-state index in [-0.39, 0.29) is 0 Å². The second-order valence-electron chi connectivity index (χ2n) is 4.41. The molecule has 2 N–H and O–H groups in total. The molecule has 1 aromatic rings. The van der Waals surface area contributed by atoms with Gasteiger partial charge in [0.2, 0.25) is 0 Å². The van der Waals surface area contributed by atoms with E-state index in [2.05, 4.69) is 29.6 Å². The predicted molar refractivity (Wildman–Crippen MR) is 82.4 cm³/mol. The van der Waals surface area contributed by atoms with Crippen molar-refractivity contribution in [2.24, 2.45) is 0 Å². The molecular formula is C14H21NOS2. The van der Waals surface area contributed by atoms with E-state index in [0.717, 1.165) is 30.2 Å². The van der Waals surface area contributed by atoms with E-state index >= 15 is 0 Å². The first-order chi connectivity index (χ1) is 8.92. The fourth-order valence-electron chi connectivity index (χ4n) is 2.12. The highest BCUT2D eigenvalue weighted by atomic mass is 32.2. The molecule has 0 aliphatic carbocycles. The summed E-state index contributed by atoms with van der Waals surface area (Å²) >= 11 is 3.93. The summed E-state index contributed by atoms with van der Waals surface area (Å²) in [4.78, 5) is 0. The van der Waals surface area contributed by atoms with Crippen molar-refractivity contribution < 1.29 is 5.11 Å². The smallest absolute Gasteiger partial charge is 0.0438 e. The highest BCUT2D eigenvalue weighted by Gasteiger charge is 2.18. The fourth-order valence-corrected chi connectivity index (χ4v) is 4.06. The fraction of sp³-hybridized carbons (Fsp3) is 0.571. The van der Waals surface area contributed by atoms with Gasteiger partial charge < -0.3 is 10.4 Å². The van der Waals surface area contributed by atoms with E-state index in [1.807, 2.05) is 23.5 Å². The van der Waals surface area contributed by atoms with Crippen molar-refractivity contribution in [1.29, 1.82) is 0 Å². The molecule has 0 amide bonds. The molecule has 0 saturated carbocycles. The maximum Gasteiger partial charge on any atom is 0.0438 e. The van der Waals surface area contributed by atoms with Crippen LogP contribution in [0.1, 0.15) is 23.6 Å². The second kappa shape index (κ2) is 8.10. The number of hydrogen-bond donors (Lipinski definition) is 2. The van der Waals surface area contributed by atoms with Crippen molar-refractivity contribution in [3.05, 3.63) is 35.4 Å². The molecule has 1 aromatic carbocycles. The number of fused-ring (bicyclic) bond motifs is 1. The van der Waals surface area contributed by atoms with Gasteiger partial charge in [-0.1, -0.05) is 24.3 Å². The third-order valence-corrected chi connectivity index (χ3v) is 5.21. The maximum absolute atomic E-state index is 8.70. The summed E-state index contributed by atoms with van der Waals surface area (Å²) in [6, 6.07) is 9.28. The monoisotopic (exact) mass is 283 g/mol. The Kier molecular flexibility index (Phi) is 6.41. The molecule has 100 valence electrons. The van der Waals surface area contributed by atoms with Gasteiger partial charge in [-0.3, -0.25) is 0 Å². The summed E-state index contributed by atoms with van der Waals surface area (Å²) in [5.41, 5.74) is 2.97. The van der Waals surface area contributed by atoms with Crippen molar-refractivity contribution in [2.75, 3.05) is 30.4 Å². The SMILES string of the molecule is OCCCSCCNC1CSCc2ccccc21. The quantitative estimate of drug-likeness (QED) is 0.754. The van der Waals surface area contributed by atoms with Crippen LogP contribution in [0.5, 0.6) is 0 Å². The van der Waals surface area contributed by atoms with Crippen LogP contribution in [0.2, 0.25) is 0 Å². The molecule has 2 nitrogen and oxygen atoms in total. The molecule has 0 fully saturated rings. The molecule has 0 saturated heterocycles. The molecule has 18 heavy (non-hydrogen) atoms. The molecule has 0 radical (unpaired) electrons. The lowest BCUT2D eigenvalue weighted by molar-refractivity contribution is 0.296.